The van der Waals surface area contributed by atoms with Gasteiger partial charge in [0.1, 0.15) is 10.9 Å². The van der Waals surface area contributed by atoms with Crippen LogP contribution in [0.3, 0.4) is 0 Å². The predicted molar refractivity (Wildman–Crippen MR) is 96.0 cm³/mol. The van der Waals surface area contributed by atoms with Crippen LogP contribution in [-0.2, 0) is 6.54 Å². The van der Waals surface area contributed by atoms with Crippen LogP contribution >= 0.6 is 11.3 Å². The summed E-state index contributed by atoms with van der Waals surface area (Å²) >= 11 is 1.31. The molecular weight excluding hydrogens is 324 g/mol. The summed E-state index contributed by atoms with van der Waals surface area (Å²) in [5.41, 5.74) is 0.687. The fraction of sp³-hybridized carbons (Fsp3) is 0.588. The van der Waals surface area contributed by atoms with Gasteiger partial charge in [0.25, 0.3) is 11.5 Å². The quantitative estimate of drug-likeness (QED) is 0.830. The van der Waals surface area contributed by atoms with Crippen LogP contribution < -0.4 is 15.8 Å². The Bertz CT molecular complexity index is 811. The van der Waals surface area contributed by atoms with Gasteiger partial charge in [-0.15, -0.1) is 11.3 Å². The van der Waals surface area contributed by atoms with Gasteiger partial charge in [-0.05, 0) is 26.3 Å². The number of aryl methyl sites for hydroxylation is 2. The molecule has 2 aromatic heterocycles. The van der Waals surface area contributed by atoms with Crippen LogP contribution in [0.25, 0.3) is 10.2 Å². The molecule has 6 nitrogen and oxygen atoms in total. The molecule has 0 radical (unpaired) electrons. The zero-order chi connectivity index (χ0) is 17.3. The van der Waals surface area contributed by atoms with E-state index in [0.29, 0.717) is 34.2 Å². The number of carbonyl (C=O) groups is 1. The van der Waals surface area contributed by atoms with Crippen molar-refractivity contribution in [3.8, 4) is 0 Å². The van der Waals surface area contributed by atoms with Gasteiger partial charge in [0.2, 0.25) is 0 Å². The highest BCUT2D eigenvalue weighted by Crippen LogP contribution is 2.26. The molecule has 1 aliphatic heterocycles. The summed E-state index contributed by atoms with van der Waals surface area (Å²) < 4.78 is 1.57. The highest BCUT2D eigenvalue weighted by atomic mass is 32.1. The Labute approximate surface area is 145 Å². The summed E-state index contributed by atoms with van der Waals surface area (Å²) in [5, 5.41) is 3.65. The van der Waals surface area contributed by atoms with E-state index in [0.717, 1.165) is 18.5 Å². The standard InChI is InChI=1S/C17H24N4O2S/c1-4-20-8-6-7-12(20)9-18-15(22)14-11(3)13-16(24-14)19-10-21(5-2)17(13)23/h10,12H,4-9H2,1-3H3,(H,18,22)/p+1. The summed E-state index contributed by atoms with van der Waals surface area (Å²) in [4.78, 5) is 32.2. The van der Waals surface area contributed by atoms with E-state index in [4.69, 9.17) is 0 Å². The van der Waals surface area contributed by atoms with E-state index in [1.54, 1.807) is 15.8 Å². The van der Waals surface area contributed by atoms with Gasteiger partial charge in [-0.3, -0.25) is 14.2 Å². The predicted octanol–water partition coefficient (Wildman–Crippen LogP) is 0.583. The average Bonchev–Trinajstić information content (AvgIpc) is 3.17. The van der Waals surface area contributed by atoms with E-state index in [-0.39, 0.29) is 11.5 Å². The number of hydrogen-bond donors (Lipinski definition) is 2. The lowest BCUT2D eigenvalue weighted by Crippen LogP contribution is -3.14. The van der Waals surface area contributed by atoms with E-state index in [1.165, 1.54) is 24.3 Å². The van der Waals surface area contributed by atoms with Crippen molar-refractivity contribution in [3.63, 3.8) is 0 Å². The molecule has 2 atom stereocenters. The maximum Gasteiger partial charge on any atom is 0.262 e. The van der Waals surface area contributed by atoms with Crippen LogP contribution in [0.5, 0.6) is 0 Å². The Morgan fingerprint density at radius 3 is 3.00 bits per heavy atom. The molecule has 1 amide bonds. The zero-order valence-electron chi connectivity index (χ0n) is 14.5. The third kappa shape index (κ3) is 2.98. The molecule has 2 aromatic rings. The van der Waals surface area contributed by atoms with Crippen molar-refractivity contribution >= 4 is 27.5 Å². The number of quaternary nitrogens is 1. The van der Waals surface area contributed by atoms with Gasteiger partial charge in [-0.2, -0.15) is 0 Å². The second kappa shape index (κ2) is 7.03. The van der Waals surface area contributed by atoms with Crippen LogP contribution in [0.1, 0.15) is 41.9 Å². The molecule has 3 rings (SSSR count). The third-order valence-electron chi connectivity index (χ3n) is 5.06. The second-order valence-corrected chi connectivity index (χ2v) is 7.38. The minimum Gasteiger partial charge on any atom is -0.345 e. The summed E-state index contributed by atoms with van der Waals surface area (Å²) in [7, 11) is 0. The van der Waals surface area contributed by atoms with Gasteiger partial charge in [-0.1, -0.05) is 0 Å². The molecule has 2 unspecified atom stereocenters. The van der Waals surface area contributed by atoms with Crippen molar-refractivity contribution in [1.82, 2.24) is 14.9 Å². The minimum atomic E-state index is -0.0831. The van der Waals surface area contributed by atoms with Gasteiger partial charge in [0.15, 0.2) is 0 Å². The third-order valence-corrected chi connectivity index (χ3v) is 6.25. The number of fused-ring (bicyclic) bond motifs is 1. The average molecular weight is 349 g/mol. The first-order valence-electron chi connectivity index (χ1n) is 8.68. The number of rotatable bonds is 5. The van der Waals surface area contributed by atoms with Crippen molar-refractivity contribution in [2.24, 2.45) is 0 Å². The van der Waals surface area contributed by atoms with Crippen molar-refractivity contribution in [2.75, 3.05) is 19.6 Å². The number of aromatic nitrogens is 2. The van der Waals surface area contributed by atoms with Crippen LogP contribution in [-0.4, -0.2) is 41.1 Å². The van der Waals surface area contributed by atoms with Gasteiger partial charge < -0.3 is 10.2 Å². The van der Waals surface area contributed by atoms with Crippen molar-refractivity contribution in [2.45, 2.75) is 46.2 Å². The fourth-order valence-electron chi connectivity index (χ4n) is 3.59. The van der Waals surface area contributed by atoms with E-state index in [1.807, 2.05) is 13.8 Å². The number of likely N-dealkylation sites (tertiary alicyclic amines) is 1. The maximum atomic E-state index is 12.6. The molecule has 7 heteroatoms. The molecular formula is C17H25N4O2S+. The summed E-state index contributed by atoms with van der Waals surface area (Å²) in [6, 6.07) is 0.504. The van der Waals surface area contributed by atoms with Crippen molar-refractivity contribution in [1.29, 1.82) is 0 Å². The molecule has 0 aliphatic carbocycles. The number of thiophene rings is 1. The van der Waals surface area contributed by atoms with Crippen molar-refractivity contribution in [3.05, 3.63) is 27.1 Å². The lowest BCUT2D eigenvalue weighted by Gasteiger charge is -2.20. The van der Waals surface area contributed by atoms with E-state index in [2.05, 4.69) is 17.2 Å². The number of hydrogen-bond acceptors (Lipinski definition) is 4. The van der Waals surface area contributed by atoms with Gasteiger partial charge in [0.05, 0.1) is 36.2 Å². The Morgan fingerprint density at radius 2 is 2.29 bits per heavy atom. The van der Waals surface area contributed by atoms with Crippen LogP contribution in [0, 0.1) is 6.92 Å². The maximum absolute atomic E-state index is 12.6. The van der Waals surface area contributed by atoms with E-state index >= 15 is 0 Å². The first-order chi connectivity index (χ1) is 11.6. The monoisotopic (exact) mass is 349 g/mol. The molecule has 0 aromatic carbocycles. The molecule has 0 bridgehead atoms. The van der Waals surface area contributed by atoms with Gasteiger partial charge >= 0.3 is 0 Å². The Hall–Kier alpha value is -1.73. The van der Waals surface area contributed by atoms with E-state index in [9.17, 15) is 9.59 Å². The first kappa shape index (κ1) is 17.1. The Kier molecular flexibility index (Phi) is 5.01. The number of nitrogens with one attached hydrogen (secondary N) is 2. The molecule has 2 N–H and O–H groups in total. The zero-order valence-corrected chi connectivity index (χ0v) is 15.3. The van der Waals surface area contributed by atoms with Crippen LogP contribution in [0.2, 0.25) is 0 Å². The highest BCUT2D eigenvalue weighted by Gasteiger charge is 2.28. The molecule has 1 saturated heterocycles. The fourth-order valence-corrected chi connectivity index (χ4v) is 4.65. The van der Waals surface area contributed by atoms with Gasteiger partial charge in [-0.25, -0.2) is 4.98 Å². The van der Waals surface area contributed by atoms with E-state index < -0.39 is 0 Å². The summed E-state index contributed by atoms with van der Waals surface area (Å²) in [6.07, 6.45) is 3.95. The lowest BCUT2D eigenvalue weighted by molar-refractivity contribution is -0.909. The highest BCUT2D eigenvalue weighted by molar-refractivity contribution is 7.20. The SMILES string of the molecule is CCn1cnc2sc(C(=O)NCC3CCC[NH+]3CC)c(C)c2c1=O. The number of carbonyl (C=O) groups excluding carboxylic acids is 1. The summed E-state index contributed by atoms with van der Waals surface area (Å²) in [6.45, 7) is 9.51. The number of nitrogens with zero attached hydrogens (tertiary/aromatic N) is 2. The molecule has 3 heterocycles. The summed E-state index contributed by atoms with van der Waals surface area (Å²) in [5.74, 6) is -0.0831. The smallest absolute Gasteiger partial charge is 0.262 e. The Balaban J connectivity index is 1.81. The lowest BCUT2D eigenvalue weighted by atomic mass is 10.2. The largest absolute Gasteiger partial charge is 0.345 e. The molecule has 1 fully saturated rings. The minimum absolute atomic E-state index is 0.0623. The van der Waals surface area contributed by atoms with Crippen LogP contribution in [0.15, 0.2) is 11.1 Å². The molecule has 0 saturated carbocycles. The first-order valence-corrected chi connectivity index (χ1v) is 9.49. The van der Waals surface area contributed by atoms with Crippen molar-refractivity contribution < 1.29 is 9.69 Å². The normalized spacial score (nSPS) is 20.6. The second-order valence-electron chi connectivity index (χ2n) is 6.38. The topological polar surface area (TPSA) is 68.4 Å². The molecule has 0 spiro atoms. The molecule has 1 aliphatic rings. The molecule has 24 heavy (non-hydrogen) atoms. The van der Waals surface area contributed by atoms with Crippen LogP contribution in [0.4, 0.5) is 0 Å². The Morgan fingerprint density at radius 1 is 1.50 bits per heavy atom. The number of likely N-dealkylation sites (N-methyl/N-ethyl adjacent to an activating group) is 1. The molecule has 130 valence electrons. The number of amides is 1. The van der Waals surface area contributed by atoms with Gasteiger partial charge in [0, 0.05) is 19.4 Å².